The van der Waals surface area contributed by atoms with E-state index < -0.39 is 5.41 Å². The Bertz CT molecular complexity index is 932. The van der Waals surface area contributed by atoms with Crippen LogP contribution in [0.15, 0.2) is 54.6 Å². The number of likely N-dealkylation sites (tertiary alicyclic amines) is 1. The lowest BCUT2D eigenvalue weighted by Gasteiger charge is -2.40. The third-order valence-electron chi connectivity index (χ3n) is 6.06. The van der Waals surface area contributed by atoms with Gasteiger partial charge in [-0.2, -0.15) is 0 Å². The van der Waals surface area contributed by atoms with Crippen LogP contribution in [0.2, 0.25) is 0 Å². The Balaban J connectivity index is 1.57. The summed E-state index contributed by atoms with van der Waals surface area (Å²) >= 11 is 0. The van der Waals surface area contributed by atoms with Crippen LogP contribution in [0, 0.1) is 0 Å². The van der Waals surface area contributed by atoms with Crippen molar-refractivity contribution in [3.8, 4) is 0 Å². The first-order chi connectivity index (χ1) is 14.8. The molecule has 2 aromatic carbocycles. The van der Waals surface area contributed by atoms with Crippen molar-refractivity contribution in [2.75, 3.05) is 33.7 Å². The van der Waals surface area contributed by atoms with E-state index in [1.54, 1.807) is 17.9 Å². The van der Waals surface area contributed by atoms with Crippen LogP contribution in [0.5, 0.6) is 0 Å². The highest BCUT2D eigenvalue weighted by molar-refractivity contribution is 5.96. The number of rotatable bonds is 7. The minimum atomic E-state index is -0.534. The highest BCUT2D eigenvalue weighted by Gasteiger charge is 2.41. The lowest BCUT2D eigenvalue weighted by atomic mass is 9.70. The largest absolute Gasteiger partial charge is 0.343 e. The molecule has 0 saturated carbocycles. The van der Waals surface area contributed by atoms with Crippen molar-refractivity contribution in [2.24, 2.45) is 0 Å². The number of ketones is 1. The Hall–Kier alpha value is -2.99. The first-order valence-corrected chi connectivity index (χ1v) is 10.7. The minimum Gasteiger partial charge on any atom is -0.343 e. The normalized spacial score (nSPS) is 15.5. The molecule has 6 heteroatoms. The van der Waals surface area contributed by atoms with E-state index in [0.717, 1.165) is 17.7 Å². The van der Waals surface area contributed by atoms with Gasteiger partial charge in [0.2, 0.25) is 5.91 Å². The molecule has 1 heterocycles. The molecule has 1 N–H and O–H groups in total. The van der Waals surface area contributed by atoms with Crippen LogP contribution in [-0.4, -0.2) is 61.1 Å². The molecule has 0 aromatic heterocycles. The van der Waals surface area contributed by atoms with Crippen LogP contribution in [0.4, 0.5) is 0 Å². The zero-order valence-electron chi connectivity index (χ0n) is 18.6. The molecule has 0 radical (unpaired) electrons. The minimum absolute atomic E-state index is 0.0465. The lowest BCUT2D eigenvalue weighted by molar-refractivity contribution is -0.134. The Kier molecular flexibility index (Phi) is 7.23. The molecule has 6 nitrogen and oxygen atoms in total. The van der Waals surface area contributed by atoms with Crippen LogP contribution >= 0.6 is 0 Å². The number of hydrogen-bond acceptors (Lipinski definition) is 4. The molecule has 0 aliphatic carbocycles. The Morgan fingerprint density at radius 3 is 2.29 bits per heavy atom. The summed E-state index contributed by atoms with van der Waals surface area (Å²) in [5.74, 6) is -0.243. The van der Waals surface area contributed by atoms with Crippen LogP contribution in [0.25, 0.3) is 0 Å². The van der Waals surface area contributed by atoms with Crippen molar-refractivity contribution in [1.29, 1.82) is 0 Å². The molecule has 1 aliphatic heterocycles. The number of nitrogens with zero attached hydrogens (tertiary/aromatic N) is 2. The lowest BCUT2D eigenvalue weighted by Crippen LogP contribution is -2.50. The fourth-order valence-corrected chi connectivity index (χ4v) is 4.28. The van der Waals surface area contributed by atoms with E-state index in [9.17, 15) is 14.4 Å². The summed E-state index contributed by atoms with van der Waals surface area (Å²) in [7, 11) is 3.95. The summed E-state index contributed by atoms with van der Waals surface area (Å²) in [5, 5.41) is 2.74. The molecule has 31 heavy (non-hydrogen) atoms. The van der Waals surface area contributed by atoms with Gasteiger partial charge >= 0.3 is 0 Å². The number of benzene rings is 2. The van der Waals surface area contributed by atoms with Gasteiger partial charge in [0.15, 0.2) is 0 Å². The van der Waals surface area contributed by atoms with E-state index >= 15 is 0 Å². The molecule has 164 valence electrons. The van der Waals surface area contributed by atoms with Crippen LogP contribution in [0.1, 0.15) is 41.3 Å². The van der Waals surface area contributed by atoms with E-state index in [2.05, 4.69) is 5.32 Å². The van der Waals surface area contributed by atoms with Gasteiger partial charge in [0.1, 0.15) is 5.78 Å². The first-order valence-electron chi connectivity index (χ1n) is 10.7. The van der Waals surface area contributed by atoms with Crippen molar-refractivity contribution >= 4 is 17.6 Å². The molecule has 2 amide bonds. The molecule has 1 fully saturated rings. The predicted octanol–water partition coefficient (Wildman–Crippen LogP) is 2.63. The van der Waals surface area contributed by atoms with Crippen LogP contribution < -0.4 is 5.32 Å². The van der Waals surface area contributed by atoms with Crippen molar-refractivity contribution in [3.05, 3.63) is 71.3 Å². The Morgan fingerprint density at radius 1 is 1.00 bits per heavy atom. The number of carbonyl (C=O) groups is 3. The van der Waals surface area contributed by atoms with Gasteiger partial charge in [0.25, 0.3) is 5.91 Å². The van der Waals surface area contributed by atoms with Crippen molar-refractivity contribution in [1.82, 2.24) is 15.1 Å². The summed E-state index contributed by atoms with van der Waals surface area (Å²) in [5.41, 5.74) is 2.07. The molecule has 1 saturated heterocycles. The summed E-state index contributed by atoms with van der Waals surface area (Å²) in [6, 6.07) is 17.2. The van der Waals surface area contributed by atoms with E-state index in [1.807, 2.05) is 67.5 Å². The highest BCUT2D eigenvalue weighted by atomic mass is 16.2. The second kappa shape index (κ2) is 9.88. The molecule has 0 atom stereocenters. The Labute approximate surface area is 184 Å². The quantitative estimate of drug-likeness (QED) is 0.746. The monoisotopic (exact) mass is 421 g/mol. The van der Waals surface area contributed by atoms with Gasteiger partial charge in [-0.3, -0.25) is 14.4 Å². The maximum absolute atomic E-state index is 12.7. The fourth-order valence-electron chi connectivity index (χ4n) is 4.28. The molecule has 3 rings (SSSR count). The second-order valence-corrected chi connectivity index (χ2v) is 8.51. The zero-order valence-corrected chi connectivity index (χ0v) is 18.6. The summed E-state index contributed by atoms with van der Waals surface area (Å²) in [4.78, 5) is 41.5. The van der Waals surface area contributed by atoms with Gasteiger partial charge < -0.3 is 15.1 Å². The summed E-state index contributed by atoms with van der Waals surface area (Å²) in [6.45, 7) is 3.33. The van der Waals surface area contributed by atoms with Crippen LogP contribution in [0.3, 0.4) is 0 Å². The zero-order chi connectivity index (χ0) is 22.4. The van der Waals surface area contributed by atoms with Gasteiger partial charge in [0, 0.05) is 25.2 Å². The molecule has 0 unspecified atom stereocenters. The maximum Gasteiger partial charge on any atom is 0.251 e. The van der Waals surface area contributed by atoms with Gasteiger partial charge in [-0.1, -0.05) is 42.5 Å². The molecule has 0 spiro atoms. The fraction of sp³-hybridized carbons (Fsp3) is 0.400. The molecular formula is C25H31N3O3. The SMILES string of the molecule is CC(=O)C1(c2ccccc2)CCN(C(=O)CNC(=O)c2cccc(CN(C)C)c2)CC1. The number of carbonyl (C=O) groups excluding carboxylic acids is 3. The van der Waals surface area contributed by atoms with E-state index in [4.69, 9.17) is 0 Å². The molecular weight excluding hydrogens is 390 g/mol. The third-order valence-corrected chi connectivity index (χ3v) is 6.06. The van der Waals surface area contributed by atoms with E-state index in [1.165, 1.54) is 0 Å². The predicted molar refractivity (Wildman–Crippen MR) is 121 cm³/mol. The average Bonchev–Trinajstić information content (AvgIpc) is 2.77. The smallest absolute Gasteiger partial charge is 0.251 e. The topological polar surface area (TPSA) is 69.7 Å². The van der Waals surface area contributed by atoms with Gasteiger partial charge in [-0.25, -0.2) is 0 Å². The molecule has 1 aliphatic rings. The van der Waals surface area contributed by atoms with Crippen molar-refractivity contribution < 1.29 is 14.4 Å². The van der Waals surface area contributed by atoms with E-state index in [-0.39, 0.29) is 24.1 Å². The summed E-state index contributed by atoms with van der Waals surface area (Å²) < 4.78 is 0. The molecule has 2 aromatic rings. The van der Waals surface area contributed by atoms with E-state index in [0.29, 0.717) is 31.5 Å². The number of amides is 2. The number of hydrogen-bond donors (Lipinski definition) is 1. The molecule has 0 bridgehead atoms. The third kappa shape index (κ3) is 5.39. The van der Waals surface area contributed by atoms with Gasteiger partial charge in [-0.15, -0.1) is 0 Å². The van der Waals surface area contributed by atoms with Crippen molar-refractivity contribution in [2.45, 2.75) is 31.7 Å². The second-order valence-electron chi connectivity index (χ2n) is 8.51. The number of nitrogens with one attached hydrogen (secondary N) is 1. The highest BCUT2D eigenvalue weighted by Crippen LogP contribution is 2.36. The first kappa shape index (κ1) is 22.7. The standard InChI is InChI=1S/C25H31N3O3/c1-19(29)25(22-10-5-4-6-11-22)12-14-28(15-13-25)23(30)17-26-24(31)21-9-7-8-20(16-21)18-27(2)3/h4-11,16H,12-15,17-18H2,1-3H3,(H,26,31). The van der Waals surface area contributed by atoms with Gasteiger partial charge in [-0.05, 0) is 57.1 Å². The maximum atomic E-state index is 12.7. The van der Waals surface area contributed by atoms with Crippen molar-refractivity contribution in [3.63, 3.8) is 0 Å². The number of piperidine rings is 1. The summed E-state index contributed by atoms with van der Waals surface area (Å²) in [6.07, 6.45) is 1.19. The number of Topliss-reactive ketones (excluding diaryl/α,β-unsaturated/α-hetero) is 1. The van der Waals surface area contributed by atoms with Crippen LogP contribution in [-0.2, 0) is 21.5 Å². The van der Waals surface area contributed by atoms with Gasteiger partial charge in [0.05, 0.1) is 12.0 Å². The average molecular weight is 422 g/mol. The Morgan fingerprint density at radius 2 is 1.68 bits per heavy atom.